The summed E-state index contributed by atoms with van der Waals surface area (Å²) in [7, 11) is 0. The predicted molar refractivity (Wildman–Crippen MR) is 98.7 cm³/mol. The number of alkyl carbamates (subject to hydrolysis) is 1. The van der Waals surface area contributed by atoms with E-state index < -0.39 is 23.7 Å². The molecule has 10 nitrogen and oxygen atoms in total. The number of imidazole rings is 1. The third kappa shape index (κ3) is 4.75. The van der Waals surface area contributed by atoms with Gasteiger partial charge in [0.1, 0.15) is 29.7 Å². The van der Waals surface area contributed by atoms with Gasteiger partial charge in [-0.2, -0.15) is 0 Å². The Balaban J connectivity index is 1.81. The van der Waals surface area contributed by atoms with Gasteiger partial charge < -0.3 is 19.9 Å². The van der Waals surface area contributed by atoms with Crippen LogP contribution in [0, 0.1) is 0 Å². The number of fused-ring (bicyclic) bond motifs is 1. The first kappa shape index (κ1) is 20.0. The van der Waals surface area contributed by atoms with Crippen LogP contribution in [-0.4, -0.2) is 54.9 Å². The molecule has 0 aliphatic carbocycles. The van der Waals surface area contributed by atoms with E-state index in [1.807, 2.05) is 4.57 Å². The Bertz CT molecular complexity index is 854. The van der Waals surface area contributed by atoms with Crippen molar-refractivity contribution in [3.05, 3.63) is 18.3 Å². The SMILES string of the molecule is CC(C)(C)OC(=O)N[C@H](Cc1ncnc2c1ncn2[C@@H]1CCCCO1)C(=O)O. The fraction of sp³-hybridized carbons (Fsp3) is 0.611. The molecular formula is C18H25N5O5. The van der Waals surface area contributed by atoms with Gasteiger partial charge in [-0.1, -0.05) is 0 Å². The van der Waals surface area contributed by atoms with Gasteiger partial charge in [0.05, 0.1) is 12.0 Å². The zero-order valence-corrected chi connectivity index (χ0v) is 16.2. The number of ether oxygens (including phenoxy) is 2. The summed E-state index contributed by atoms with van der Waals surface area (Å²) in [6, 6.07) is -1.20. The van der Waals surface area contributed by atoms with E-state index in [0.717, 1.165) is 19.3 Å². The maximum Gasteiger partial charge on any atom is 0.408 e. The number of carboxylic acid groups (broad SMARTS) is 1. The molecule has 0 spiro atoms. The minimum Gasteiger partial charge on any atom is -0.480 e. The van der Waals surface area contributed by atoms with Crippen molar-refractivity contribution in [1.82, 2.24) is 24.8 Å². The van der Waals surface area contributed by atoms with Gasteiger partial charge in [-0.15, -0.1) is 0 Å². The van der Waals surface area contributed by atoms with Gasteiger partial charge in [0.2, 0.25) is 0 Å². The summed E-state index contributed by atoms with van der Waals surface area (Å²) in [5, 5.41) is 11.9. The molecule has 0 radical (unpaired) electrons. The number of rotatable bonds is 5. The highest BCUT2D eigenvalue weighted by molar-refractivity contribution is 5.81. The number of amides is 1. The van der Waals surface area contributed by atoms with Crippen molar-refractivity contribution in [3.8, 4) is 0 Å². The molecule has 2 aromatic rings. The number of hydrogen-bond acceptors (Lipinski definition) is 7. The Morgan fingerprint density at radius 2 is 2.14 bits per heavy atom. The summed E-state index contributed by atoms with van der Waals surface area (Å²) in [4.78, 5) is 36.4. The van der Waals surface area contributed by atoms with E-state index in [1.54, 1.807) is 27.1 Å². The van der Waals surface area contributed by atoms with Gasteiger partial charge in [0, 0.05) is 13.0 Å². The molecule has 152 valence electrons. The lowest BCUT2D eigenvalue weighted by atomic mass is 10.1. The van der Waals surface area contributed by atoms with Crippen molar-refractivity contribution in [3.63, 3.8) is 0 Å². The lowest BCUT2D eigenvalue weighted by Gasteiger charge is -2.23. The molecule has 0 unspecified atom stereocenters. The van der Waals surface area contributed by atoms with E-state index in [1.165, 1.54) is 6.33 Å². The zero-order valence-electron chi connectivity index (χ0n) is 16.2. The summed E-state index contributed by atoms with van der Waals surface area (Å²) in [6.07, 6.45) is 4.96. The van der Waals surface area contributed by atoms with Crippen molar-refractivity contribution < 1.29 is 24.2 Å². The Labute approximate surface area is 162 Å². The summed E-state index contributed by atoms with van der Waals surface area (Å²) in [5.74, 6) is -1.19. The molecule has 2 N–H and O–H groups in total. The van der Waals surface area contributed by atoms with Gasteiger partial charge in [-0.25, -0.2) is 24.5 Å². The highest BCUT2D eigenvalue weighted by atomic mass is 16.6. The minimum absolute atomic E-state index is 0.0455. The molecular weight excluding hydrogens is 366 g/mol. The van der Waals surface area contributed by atoms with Crippen LogP contribution in [0.4, 0.5) is 4.79 Å². The van der Waals surface area contributed by atoms with Gasteiger partial charge >= 0.3 is 12.1 Å². The highest BCUT2D eigenvalue weighted by Gasteiger charge is 2.27. The molecule has 10 heteroatoms. The summed E-state index contributed by atoms with van der Waals surface area (Å²) < 4.78 is 12.8. The zero-order chi connectivity index (χ0) is 20.3. The van der Waals surface area contributed by atoms with Crippen LogP contribution < -0.4 is 5.32 Å². The number of carboxylic acids is 1. The first-order valence-corrected chi connectivity index (χ1v) is 9.25. The average molecular weight is 391 g/mol. The van der Waals surface area contributed by atoms with Crippen LogP contribution >= 0.6 is 0 Å². The smallest absolute Gasteiger partial charge is 0.408 e. The van der Waals surface area contributed by atoms with Crippen LogP contribution in [0.1, 0.15) is 52.0 Å². The Hall–Kier alpha value is -2.75. The standard InChI is InChI=1S/C18H25N5O5/c1-18(2,3)28-17(26)22-12(16(24)25)8-11-14-15(20-9-19-11)23(10-21-14)13-6-4-5-7-27-13/h9-10,12-13H,4-8H2,1-3H3,(H,22,26)(H,24,25)/t12-,13+/m1/s1. The van der Waals surface area contributed by atoms with Crippen LogP contribution in [0.3, 0.4) is 0 Å². The van der Waals surface area contributed by atoms with E-state index in [-0.39, 0.29) is 12.6 Å². The molecule has 1 aliphatic rings. The number of carbonyl (C=O) groups excluding carboxylic acids is 1. The van der Waals surface area contributed by atoms with Gasteiger partial charge in [-0.3, -0.25) is 4.57 Å². The second-order valence-corrected chi connectivity index (χ2v) is 7.71. The van der Waals surface area contributed by atoms with E-state index in [4.69, 9.17) is 9.47 Å². The van der Waals surface area contributed by atoms with Crippen LogP contribution in [0.15, 0.2) is 12.7 Å². The number of aliphatic carboxylic acids is 1. The van der Waals surface area contributed by atoms with Gasteiger partial charge in [0.15, 0.2) is 5.65 Å². The average Bonchev–Trinajstić information content (AvgIpc) is 3.05. The van der Waals surface area contributed by atoms with E-state index in [2.05, 4.69) is 20.3 Å². The maximum absolute atomic E-state index is 12.0. The number of hydrogen-bond donors (Lipinski definition) is 2. The van der Waals surface area contributed by atoms with Crippen molar-refractivity contribution in [2.45, 2.75) is 64.3 Å². The normalized spacial score (nSPS) is 18.6. The number of carbonyl (C=O) groups is 2. The lowest BCUT2D eigenvalue weighted by Crippen LogP contribution is -2.44. The van der Waals surface area contributed by atoms with Crippen LogP contribution in [0.2, 0.25) is 0 Å². The fourth-order valence-electron chi connectivity index (χ4n) is 3.05. The van der Waals surface area contributed by atoms with Gasteiger partial charge in [-0.05, 0) is 40.0 Å². The number of nitrogens with zero attached hydrogens (tertiary/aromatic N) is 4. The lowest BCUT2D eigenvalue weighted by molar-refractivity contribution is -0.139. The van der Waals surface area contributed by atoms with Crippen LogP contribution in [0.25, 0.3) is 11.2 Å². The molecule has 1 fully saturated rings. The largest absolute Gasteiger partial charge is 0.480 e. The van der Waals surface area contributed by atoms with E-state index >= 15 is 0 Å². The molecule has 3 rings (SSSR count). The molecule has 2 aromatic heterocycles. The molecule has 2 atom stereocenters. The third-order valence-corrected chi connectivity index (χ3v) is 4.29. The topological polar surface area (TPSA) is 128 Å². The van der Waals surface area contributed by atoms with E-state index in [0.29, 0.717) is 23.5 Å². The maximum atomic E-state index is 12.0. The monoisotopic (exact) mass is 391 g/mol. The van der Waals surface area contributed by atoms with E-state index in [9.17, 15) is 14.7 Å². The molecule has 1 aliphatic heterocycles. The van der Waals surface area contributed by atoms with Crippen LogP contribution in [-0.2, 0) is 20.7 Å². The summed E-state index contributed by atoms with van der Waals surface area (Å²) in [6.45, 7) is 5.80. The molecule has 0 aromatic carbocycles. The van der Waals surface area contributed by atoms with Crippen molar-refractivity contribution in [1.29, 1.82) is 0 Å². The minimum atomic E-state index is -1.20. The highest BCUT2D eigenvalue weighted by Crippen LogP contribution is 2.26. The first-order valence-electron chi connectivity index (χ1n) is 9.25. The Morgan fingerprint density at radius 3 is 2.79 bits per heavy atom. The molecule has 1 amide bonds. The molecule has 0 saturated carbocycles. The quantitative estimate of drug-likeness (QED) is 0.792. The molecule has 28 heavy (non-hydrogen) atoms. The fourth-order valence-corrected chi connectivity index (χ4v) is 3.05. The van der Waals surface area contributed by atoms with Crippen molar-refractivity contribution in [2.24, 2.45) is 0 Å². The Morgan fingerprint density at radius 1 is 1.36 bits per heavy atom. The molecule has 3 heterocycles. The summed E-state index contributed by atoms with van der Waals surface area (Å²) >= 11 is 0. The first-order chi connectivity index (χ1) is 13.2. The van der Waals surface area contributed by atoms with Crippen molar-refractivity contribution >= 4 is 23.2 Å². The second-order valence-electron chi connectivity index (χ2n) is 7.71. The van der Waals surface area contributed by atoms with Gasteiger partial charge in [0.25, 0.3) is 0 Å². The van der Waals surface area contributed by atoms with Crippen LogP contribution in [0.5, 0.6) is 0 Å². The number of nitrogens with one attached hydrogen (secondary N) is 1. The third-order valence-electron chi connectivity index (χ3n) is 4.29. The predicted octanol–water partition coefficient (Wildman–Crippen LogP) is 2.05. The van der Waals surface area contributed by atoms with Crippen molar-refractivity contribution in [2.75, 3.05) is 6.61 Å². The molecule has 0 bridgehead atoms. The molecule has 1 saturated heterocycles. The number of aromatic nitrogens is 4. The summed E-state index contributed by atoms with van der Waals surface area (Å²) in [5.41, 5.74) is 0.781. The Kier molecular flexibility index (Phi) is 5.78. The second kappa shape index (κ2) is 8.09.